The first-order valence-corrected chi connectivity index (χ1v) is 9.22. The molecule has 0 aliphatic rings. The summed E-state index contributed by atoms with van der Waals surface area (Å²) in [5.74, 6) is 0.686. The third-order valence-corrected chi connectivity index (χ3v) is 4.85. The van der Waals surface area contributed by atoms with Gasteiger partial charge in [0.1, 0.15) is 5.82 Å². The van der Waals surface area contributed by atoms with Crippen molar-refractivity contribution in [3.63, 3.8) is 0 Å². The lowest BCUT2D eigenvalue weighted by Gasteiger charge is -2.21. The maximum atomic E-state index is 6.10. The van der Waals surface area contributed by atoms with Crippen LogP contribution in [0.2, 0.25) is 0 Å². The van der Waals surface area contributed by atoms with Crippen LogP contribution >= 0.6 is 0 Å². The summed E-state index contributed by atoms with van der Waals surface area (Å²) < 4.78 is 0. The van der Waals surface area contributed by atoms with Gasteiger partial charge in [0, 0.05) is 11.5 Å². The van der Waals surface area contributed by atoms with Crippen LogP contribution in [-0.4, -0.2) is 4.98 Å². The molecule has 2 N–H and O–H groups in total. The second kappa shape index (κ2) is 7.88. The van der Waals surface area contributed by atoms with Crippen molar-refractivity contribution in [1.82, 2.24) is 4.98 Å². The monoisotopic (exact) mass is 350 g/mol. The quantitative estimate of drug-likeness (QED) is 0.501. The summed E-state index contributed by atoms with van der Waals surface area (Å²) in [4.78, 5) is 4.80. The first kappa shape index (κ1) is 17.0. The van der Waals surface area contributed by atoms with Crippen LogP contribution in [0, 0.1) is 0 Å². The van der Waals surface area contributed by atoms with Gasteiger partial charge in [0.25, 0.3) is 0 Å². The Morgan fingerprint density at radius 1 is 0.667 bits per heavy atom. The summed E-state index contributed by atoms with van der Waals surface area (Å²) in [5, 5.41) is 0. The second-order valence-corrected chi connectivity index (χ2v) is 6.69. The van der Waals surface area contributed by atoms with E-state index in [-0.39, 0.29) is 5.92 Å². The molecule has 0 aliphatic heterocycles. The lowest BCUT2D eigenvalue weighted by Crippen LogP contribution is -2.10. The predicted octanol–water partition coefficient (Wildman–Crippen LogP) is 5.71. The summed E-state index contributed by atoms with van der Waals surface area (Å²) in [7, 11) is 0. The van der Waals surface area contributed by atoms with Gasteiger partial charge in [0.15, 0.2) is 0 Å². The van der Waals surface area contributed by atoms with E-state index in [2.05, 4.69) is 84.9 Å². The first-order chi connectivity index (χ1) is 13.3. The smallest absolute Gasteiger partial charge is 0.123 e. The molecule has 0 saturated carbocycles. The summed E-state index contributed by atoms with van der Waals surface area (Å²) in [5.41, 5.74) is 12.0. The Kier molecular flexibility index (Phi) is 4.97. The average Bonchev–Trinajstić information content (AvgIpc) is 2.74. The van der Waals surface area contributed by atoms with Gasteiger partial charge in [-0.25, -0.2) is 4.98 Å². The molecule has 0 fully saturated rings. The van der Waals surface area contributed by atoms with E-state index < -0.39 is 0 Å². The minimum absolute atomic E-state index is 0.132. The number of benzene rings is 3. The van der Waals surface area contributed by atoms with Gasteiger partial charge >= 0.3 is 0 Å². The zero-order valence-corrected chi connectivity index (χ0v) is 15.1. The van der Waals surface area contributed by atoms with Gasteiger partial charge in [-0.05, 0) is 35.2 Å². The second-order valence-electron chi connectivity index (χ2n) is 6.69. The molecule has 0 radical (unpaired) electrons. The van der Waals surface area contributed by atoms with Gasteiger partial charge < -0.3 is 5.73 Å². The minimum Gasteiger partial charge on any atom is -0.384 e. The van der Waals surface area contributed by atoms with Gasteiger partial charge in [-0.15, -0.1) is 0 Å². The van der Waals surface area contributed by atoms with Crippen molar-refractivity contribution in [2.45, 2.75) is 12.3 Å². The van der Waals surface area contributed by atoms with E-state index in [1.807, 2.05) is 18.2 Å². The molecule has 0 spiro atoms. The lowest BCUT2D eigenvalue weighted by atomic mass is 9.85. The van der Waals surface area contributed by atoms with Crippen molar-refractivity contribution in [2.75, 3.05) is 5.73 Å². The van der Waals surface area contributed by atoms with Crippen molar-refractivity contribution in [3.05, 3.63) is 120 Å². The zero-order chi connectivity index (χ0) is 18.5. The maximum absolute atomic E-state index is 6.10. The number of pyridine rings is 1. The highest BCUT2D eigenvalue weighted by Gasteiger charge is 2.21. The molecule has 4 rings (SSSR count). The van der Waals surface area contributed by atoms with E-state index in [1.54, 1.807) is 0 Å². The number of nitrogens with zero attached hydrogens (tertiary/aromatic N) is 1. The molecule has 2 heteroatoms. The van der Waals surface area contributed by atoms with E-state index in [9.17, 15) is 0 Å². The molecule has 1 heterocycles. The van der Waals surface area contributed by atoms with Crippen LogP contribution in [0.5, 0.6) is 0 Å². The summed E-state index contributed by atoms with van der Waals surface area (Å²) >= 11 is 0. The Hall–Kier alpha value is -3.39. The van der Waals surface area contributed by atoms with Crippen LogP contribution in [0.25, 0.3) is 11.1 Å². The van der Waals surface area contributed by atoms with Crippen LogP contribution < -0.4 is 5.73 Å². The normalized spacial score (nSPS) is 11.9. The van der Waals surface area contributed by atoms with Gasteiger partial charge in [0.2, 0.25) is 0 Å². The molecule has 3 aromatic carbocycles. The van der Waals surface area contributed by atoms with Crippen molar-refractivity contribution in [1.29, 1.82) is 0 Å². The minimum atomic E-state index is 0.132. The predicted molar refractivity (Wildman–Crippen MR) is 113 cm³/mol. The van der Waals surface area contributed by atoms with Gasteiger partial charge in [0.05, 0.1) is 5.69 Å². The highest BCUT2D eigenvalue weighted by atomic mass is 14.8. The van der Waals surface area contributed by atoms with Crippen LogP contribution in [0.4, 0.5) is 5.82 Å². The van der Waals surface area contributed by atoms with Gasteiger partial charge in [-0.2, -0.15) is 0 Å². The number of anilines is 1. The third kappa shape index (κ3) is 3.90. The van der Waals surface area contributed by atoms with Crippen LogP contribution in [-0.2, 0) is 6.42 Å². The first-order valence-electron chi connectivity index (χ1n) is 9.22. The van der Waals surface area contributed by atoms with Crippen molar-refractivity contribution >= 4 is 5.82 Å². The molecule has 0 aliphatic carbocycles. The molecular formula is C25H22N2. The van der Waals surface area contributed by atoms with Crippen molar-refractivity contribution in [3.8, 4) is 11.1 Å². The summed E-state index contributed by atoms with van der Waals surface area (Å²) in [6, 6.07) is 35.5. The van der Waals surface area contributed by atoms with Crippen LogP contribution in [0.15, 0.2) is 103 Å². The zero-order valence-electron chi connectivity index (χ0n) is 15.1. The van der Waals surface area contributed by atoms with E-state index in [0.29, 0.717) is 5.82 Å². The number of nitrogen functional groups attached to an aromatic ring is 1. The Labute approximate surface area is 160 Å². The molecule has 2 nitrogen and oxygen atoms in total. The maximum Gasteiger partial charge on any atom is 0.123 e. The number of hydrogen-bond donors (Lipinski definition) is 1. The SMILES string of the molecule is Nc1ccc(-c2ccccc2)c(C(Cc2ccccc2)c2ccccc2)n1. The Morgan fingerprint density at radius 3 is 1.93 bits per heavy atom. The molecule has 1 unspecified atom stereocenters. The number of nitrogens with two attached hydrogens (primary N) is 1. The van der Waals surface area contributed by atoms with E-state index >= 15 is 0 Å². The van der Waals surface area contributed by atoms with E-state index in [0.717, 1.165) is 23.2 Å². The number of hydrogen-bond acceptors (Lipinski definition) is 2. The molecule has 132 valence electrons. The molecular weight excluding hydrogens is 328 g/mol. The Morgan fingerprint density at radius 2 is 1.26 bits per heavy atom. The highest BCUT2D eigenvalue weighted by molar-refractivity contribution is 5.68. The fourth-order valence-corrected chi connectivity index (χ4v) is 3.53. The number of rotatable bonds is 5. The average molecular weight is 350 g/mol. The molecule has 1 aromatic heterocycles. The lowest BCUT2D eigenvalue weighted by molar-refractivity contribution is 0.778. The fourth-order valence-electron chi connectivity index (χ4n) is 3.53. The molecule has 27 heavy (non-hydrogen) atoms. The fraction of sp³-hybridized carbons (Fsp3) is 0.0800. The standard InChI is InChI=1S/C25H22N2/c26-24-17-16-22(20-12-6-2-7-13-20)25(27-24)23(21-14-8-3-9-15-21)18-19-10-4-1-5-11-19/h1-17,23H,18H2,(H2,26,27). The molecule has 1 atom stereocenters. The summed E-state index contributed by atoms with van der Waals surface area (Å²) in [6.07, 6.45) is 0.876. The molecule has 0 bridgehead atoms. The molecule has 0 saturated heterocycles. The molecule has 4 aromatic rings. The Bertz CT molecular complexity index is 996. The third-order valence-electron chi connectivity index (χ3n) is 4.85. The largest absolute Gasteiger partial charge is 0.384 e. The Balaban J connectivity index is 1.86. The van der Waals surface area contributed by atoms with E-state index in [1.165, 1.54) is 11.1 Å². The number of aromatic nitrogens is 1. The van der Waals surface area contributed by atoms with Crippen LogP contribution in [0.3, 0.4) is 0 Å². The highest BCUT2D eigenvalue weighted by Crippen LogP contribution is 2.35. The molecule has 0 amide bonds. The van der Waals surface area contributed by atoms with Crippen LogP contribution in [0.1, 0.15) is 22.7 Å². The van der Waals surface area contributed by atoms with Crippen molar-refractivity contribution < 1.29 is 0 Å². The van der Waals surface area contributed by atoms with Crippen molar-refractivity contribution in [2.24, 2.45) is 0 Å². The topological polar surface area (TPSA) is 38.9 Å². The summed E-state index contributed by atoms with van der Waals surface area (Å²) in [6.45, 7) is 0. The van der Waals surface area contributed by atoms with Gasteiger partial charge in [-0.3, -0.25) is 0 Å². The van der Waals surface area contributed by atoms with Gasteiger partial charge in [-0.1, -0.05) is 91.0 Å². The van der Waals surface area contributed by atoms with E-state index in [4.69, 9.17) is 10.7 Å².